The fourth-order valence-electron chi connectivity index (χ4n) is 2.33. The molecule has 3 N–H and O–H groups in total. The standard InChI is InChI=1S/C13H13N3O3/c17-11(13(12(18)19)4-1-5-13)16-8-2-3-9-10(6-8)15-7-14-9/h2-3,6-7H,1,4-5H2,(H,14,15)(H,16,17)(H,18,19). The van der Waals surface area contributed by atoms with Gasteiger partial charge in [-0.05, 0) is 31.0 Å². The molecule has 1 aliphatic carbocycles. The number of imidazole rings is 1. The van der Waals surface area contributed by atoms with Crippen molar-refractivity contribution in [2.45, 2.75) is 19.3 Å². The Balaban J connectivity index is 1.84. The van der Waals surface area contributed by atoms with Gasteiger partial charge in [-0.1, -0.05) is 6.42 Å². The molecule has 1 aromatic heterocycles. The number of benzene rings is 1. The van der Waals surface area contributed by atoms with Crippen molar-refractivity contribution in [2.24, 2.45) is 5.41 Å². The van der Waals surface area contributed by atoms with Gasteiger partial charge in [0.15, 0.2) is 0 Å². The van der Waals surface area contributed by atoms with Crippen molar-refractivity contribution < 1.29 is 14.7 Å². The molecule has 1 saturated carbocycles. The van der Waals surface area contributed by atoms with Gasteiger partial charge in [0.1, 0.15) is 5.41 Å². The second kappa shape index (κ2) is 4.08. The van der Waals surface area contributed by atoms with Gasteiger partial charge in [-0.15, -0.1) is 0 Å². The highest BCUT2D eigenvalue weighted by Gasteiger charge is 2.51. The van der Waals surface area contributed by atoms with Gasteiger partial charge in [0.2, 0.25) is 5.91 Å². The van der Waals surface area contributed by atoms with E-state index >= 15 is 0 Å². The number of amides is 1. The first-order valence-corrected chi connectivity index (χ1v) is 6.10. The lowest BCUT2D eigenvalue weighted by Gasteiger charge is -2.35. The van der Waals surface area contributed by atoms with Crippen LogP contribution in [-0.2, 0) is 9.59 Å². The Kier molecular flexibility index (Phi) is 2.51. The second-order valence-corrected chi connectivity index (χ2v) is 4.83. The molecule has 0 radical (unpaired) electrons. The van der Waals surface area contributed by atoms with Crippen molar-refractivity contribution in [1.29, 1.82) is 0 Å². The highest BCUT2D eigenvalue weighted by molar-refractivity contribution is 6.09. The molecule has 98 valence electrons. The molecule has 3 rings (SSSR count). The highest BCUT2D eigenvalue weighted by atomic mass is 16.4. The number of anilines is 1. The summed E-state index contributed by atoms with van der Waals surface area (Å²) in [7, 11) is 0. The van der Waals surface area contributed by atoms with Crippen molar-refractivity contribution in [3.8, 4) is 0 Å². The Labute approximate surface area is 108 Å². The van der Waals surface area contributed by atoms with Crippen molar-refractivity contribution in [3.05, 3.63) is 24.5 Å². The lowest BCUT2D eigenvalue weighted by Crippen LogP contribution is -2.48. The number of aliphatic carboxylic acids is 1. The average molecular weight is 259 g/mol. The summed E-state index contributed by atoms with van der Waals surface area (Å²) in [6, 6.07) is 5.24. The van der Waals surface area contributed by atoms with Gasteiger partial charge in [-0.3, -0.25) is 9.59 Å². The van der Waals surface area contributed by atoms with E-state index in [1.165, 1.54) is 0 Å². The molecule has 0 unspecified atom stereocenters. The summed E-state index contributed by atoms with van der Waals surface area (Å²) < 4.78 is 0. The summed E-state index contributed by atoms with van der Waals surface area (Å²) in [5.41, 5.74) is 0.933. The van der Waals surface area contributed by atoms with Crippen molar-refractivity contribution in [2.75, 3.05) is 5.32 Å². The molecule has 1 aromatic carbocycles. The number of nitrogens with zero attached hydrogens (tertiary/aromatic N) is 1. The predicted molar refractivity (Wildman–Crippen MR) is 68.6 cm³/mol. The normalized spacial score (nSPS) is 16.8. The molecule has 2 aromatic rings. The molecule has 0 atom stereocenters. The minimum absolute atomic E-state index is 0.403. The third-order valence-corrected chi connectivity index (χ3v) is 3.73. The van der Waals surface area contributed by atoms with Crippen LogP contribution in [0.3, 0.4) is 0 Å². The second-order valence-electron chi connectivity index (χ2n) is 4.83. The largest absolute Gasteiger partial charge is 0.480 e. The summed E-state index contributed by atoms with van der Waals surface area (Å²) in [5.74, 6) is -1.48. The molecule has 6 heteroatoms. The van der Waals surface area contributed by atoms with Crippen LogP contribution in [0.15, 0.2) is 24.5 Å². The zero-order valence-corrected chi connectivity index (χ0v) is 10.1. The molecule has 1 aliphatic rings. The van der Waals surface area contributed by atoms with Crippen LogP contribution in [0.1, 0.15) is 19.3 Å². The molecule has 0 spiro atoms. The molecular formula is C13H13N3O3. The van der Waals surface area contributed by atoms with E-state index in [2.05, 4.69) is 15.3 Å². The number of nitrogens with one attached hydrogen (secondary N) is 2. The Bertz CT molecular complexity index is 658. The average Bonchev–Trinajstić information content (AvgIpc) is 2.73. The Morgan fingerprint density at radius 1 is 1.37 bits per heavy atom. The van der Waals surface area contributed by atoms with E-state index in [4.69, 9.17) is 0 Å². The fraction of sp³-hybridized carbons (Fsp3) is 0.308. The number of carboxylic acids is 1. The topological polar surface area (TPSA) is 95.1 Å². The molecule has 1 fully saturated rings. The number of aromatic nitrogens is 2. The van der Waals surface area contributed by atoms with Gasteiger partial charge < -0.3 is 15.4 Å². The van der Waals surface area contributed by atoms with Gasteiger partial charge in [0.25, 0.3) is 0 Å². The third kappa shape index (κ3) is 1.76. The lowest BCUT2D eigenvalue weighted by atomic mass is 9.68. The van der Waals surface area contributed by atoms with Gasteiger partial charge in [-0.2, -0.15) is 0 Å². The zero-order valence-electron chi connectivity index (χ0n) is 10.1. The molecule has 6 nitrogen and oxygen atoms in total. The van der Waals surface area contributed by atoms with E-state index in [-0.39, 0.29) is 0 Å². The number of carbonyl (C=O) groups is 2. The van der Waals surface area contributed by atoms with E-state index in [1.807, 2.05) is 0 Å². The number of aromatic amines is 1. The van der Waals surface area contributed by atoms with Gasteiger partial charge >= 0.3 is 5.97 Å². The maximum atomic E-state index is 12.1. The van der Waals surface area contributed by atoms with E-state index in [0.717, 1.165) is 17.5 Å². The SMILES string of the molecule is O=C(O)C1(C(=O)Nc2ccc3nc[nH]c3c2)CCC1. The molecule has 0 bridgehead atoms. The number of rotatable bonds is 3. The van der Waals surface area contributed by atoms with Gasteiger partial charge in [0, 0.05) is 5.69 Å². The Morgan fingerprint density at radius 2 is 2.16 bits per heavy atom. The van der Waals surface area contributed by atoms with Crippen molar-refractivity contribution in [3.63, 3.8) is 0 Å². The number of hydrogen-bond donors (Lipinski definition) is 3. The number of carboxylic acid groups (broad SMARTS) is 1. The van der Waals surface area contributed by atoms with E-state index < -0.39 is 17.3 Å². The van der Waals surface area contributed by atoms with Gasteiger partial charge in [-0.25, -0.2) is 4.98 Å². The first-order valence-electron chi connectivity index (χ1n) is 6.10. The molecular weight excluding hydrogens is 246 g/mol. The van der Waals surface area contributed by atoms with Crippen LogP contribution in [0.5, 0.6) is 0 Å². The molecule has 19 heavy (non-hydrogen) atoms. The Morgan fingerprint density at radius 3 is 2.79 bits per heavy atom. The number of fused-ring (bicyclic) bond motifs is 1. The molecule has 0 aliphatic heterocycles. The number of carbonyl (C=O) groups excluding carboxylic acids is 1. The van der Waals surface area contributed by atoms with Crippen LogP contribution in [0.4, 0.5) is 5.69 Å². The van der Waals surface area contributed by atoms with E-state index in [0.29, 0.717) is 18.5 Å². The van der Waals surface area contributed by atoms with E-state index in [9.17, 15) is 14.7 Å². The minimum Gasteiger partial charge on any atom is -0.480 e. The summed E-state index contributed by atoms with van der Waals surface area (Å²) in [6.07, 6.45) is 3.15. The van der Waals surface area contributed by atoms with Crippen molar-refractivity contribution >= 4 is 28.6 Å². The maximum absolute atomic E-state index is 12.1. The van der Waals surface area contributed by atoms with Crippen molar-refractivity contribution in [1.82, 2.24) is 9.97 Å². The smallest absolute Gasteiger partial charge is 0.319 e. The van der Waals surface area contributed by atoms with Crippen LogP contribution in [0, 0.1) is 5.41 Å². The van der Waals surface area contributed by atoms with Gasteiger partial charge in [0.05, 0.1) is 17.4 Å². The van der Waals surface area contributed by atoms with Crippen LogP contribution in [0.2, 0.25) is 0 Å². The molecule has 1 heterocycles. The van der Waals surface area contributed by atoms with Crippen LogP contribution < -0.4 is 5.32 Å². The minimum atomic E-state index is -1.25. The summed E-state index contributed by atoms with van der Waals surface area (Å²) in [5, 5.41) is 11.9. The molecule has 0 saturated heterocycles. The highest BCUT2D eigenvalue weighted by Crippen LogP contribution is 2.42. The first-order chi connectivity index (χ1) is 9.12. The Hall–Kier alpha value is -2.37. The fourth-order valence-corrected chi connectivity index (χ4v) is 2.33. The number of H-pyrrole nitrogens is 1. The van der Waals surface area contributed by atoms with E-state index in [1.54, 1.807) is 24.5 Å². The zero-order chi connectivity index (χ0) is 13.5. The maximum Gasteiger partial charge on any atom is 0.319 e. The summed E-state index contributed by atoms with van der Waals surface area (Å²) in [6.45, 7) is 0. The summed E-state index contributed by atoms with van der Waals surface area (Å²) >= 11 is 0. The quantitative estimate of drug-likeness (QED) is 0.732. The molecule has 1 amide bonds. The number of hydrogen-bond acceptors (Lipinski definition) is 3. The lowest BCUT2D eigenvalue weighted by molar-refractivity contribution is -0.159. The van der Waals surface area contributed by atoms with Crippen LogP contribution in [-0.4, -0.2) is 27.0 Å². The van der Waals surface area contributed by atoms with Crippen LogP contribution >= 0.6 is 0 Å². The third-order valence-electron chi connectivity index (χ3n) is 3.73. The van der Waals surface area contributed by atoms with Crippen LogP contribution in [0.25, 0.3) is 11.0 Å². The first kappa shape index (κ1) is 11.7. The monoisotopic (exact) mass is 259 g/mol. The predicted octanol–water partition coefficient (Wildman–Crippen LogP) is 1.76. The summed E-state index contributed by atoms with van der Waals surface area (Å²) in [4.78, 5) is 30.4.